The van der Waals surface area contributed by atoms with Crippen LogP contribution in [0.15, 0.2) is 0 Å². The van der Waals surface area contributed by atoms with Crippen LogP contribution in [0.1, 0.15) is 0 Å². The number of hydrogen-bond acceptors (Lipinski definition) is 0. The maximum atomic E-state index is 5.02. The first-order valence-electron chi connectivity index (χ1n) is 0.567. The van der Waals surface area contributed by atoms with Crippen LogP contribution in [0, 0.1) is 30.7 Å². The largest absolute Gasteiger partial charge is 2.00 e. The summed E-state index contributed by atoms with van der Waals surface area (Å²) in [6.07, 6.45) is 0. The van der Waals surface area contributed by atoms with Crippen LogP contribution >= 0.6 is 16.9 Å². The van der Waals surface area contributed by atoms with Gasteiger partial charge in [-0.25, -0.2) is 0 Å². The summed E-state index contributed by atoms with van der Waals surface area (Å²) >= 11 is -2.24. The molecule has 0 spiro atoms. The van der Waals surface area contributed by atoms with Gasteiger partial charge in [-0.2, -0.15) is 0 Å². The standard InChI is InChI=1S/Ce.5ClH.Sn/h;5*1H;/q+3;;;;;;+2/p-5. The van der Waals surface area contributed by atoms with Crippen molar-refractivity contribution >= 4 is 40.8 Å². The summed E-state index contributed by atoms with van der Waals surface area (Å²) in [5.74, 6) is 0. The summed E-state index contributed by atoms with van der Waals surface area (Å²) in [5, 5.41) is 0. The number of rotatable bonds is 0. The molecule has 0 unspecified atom stereocenters. The van der Waals surface area contributed by atoms with Gasteiger partial charge in [0.15, 0.2) is 0 Å². The zero-order valence-corrected chi connectivity index (χ0v) is 12.7. The second kappa shape index (κ2) is 16.3. The Morgan fingerprint density at radius 2 is 0.857 bits per heavy atom. The zero-order chi connectivity index (χ0) is 3.58. The SMILES string of the molecule is [Cl-].[Cl-].[Cl][Ce]([Cl])[Cl].[Sn+2]. The van der Waals surface area contributed by atoms with Crippen molar-refractivity contribution in [3.8, 4) is 0 Å². The number of halogens is 5. The molecule has 0 saturated carbocycles. The van der Waals surface area contributed by atoms with Gasteiger partial charge in [0.1, 0.15) is 0 Å². The fraction of sp³-hybridized carbons (Fsp3) is 0. The van der Waals surface area contributed by atoms with E-state index >= 15 is 0 Å². The third-order valence-corrected chi connectivity index (χ3v) is 0. The third kappa shape index (κ3) is 42.6. The Morgan fingerprint density at radius 3 is 0.857 bits per heavy atom. The molecule has 0 bridgehead atoms. The van der Waals surface area contributed by atoms with E-state index in [9.17, 15) is 0 Å². The van der Waals surface area contributed by atoms with Gasteiger partial charge in [-0.3, -0.25) is 0 Å². The first-order chi connectivity index (χ1) is 1.73. The summed E-state index contributed by atoms with van der Waals surface area (Å²) in [5.41, 5.74) is 15.1. The monoisotopic (exact) mass is 435 g/mol. The minimum absolute atomic E-state index is 0. The first-order valence-corrected chi connectivity index (χ1v) is 12.4. The first kappa shape index (κ1) is 22.4. The molecule has 2 radical (unpaired) electrons. The van der Waals surface area contributed by atoms with Gasteiger partial charge >= 0.3 is 71.5 Å². The summed E-state index contributed by atoms with van der Waals surface area (Å²) in [6.45, 7) is 0. The normalized spacial score (nSPS) is 3.86. The van der Waals surface area contributed by atoms with Crippen molar-refractivity contribution in [2.45, 2.75) is 0 Å². The van der Waals surface area contributed by atoms with Crippen molar-refractivity contribution in [3.05, 3.63) is 0 Å². The molecule has 0 nitrogen and oxygen atoms in total. The van der Waals surface area contributed by atoms with Crippen LogP contribution < -0.4 is 24.8 Å². The van der Waals surface area contributed by atoms with E-state index < -0.39 is 30.7 Å². The van der Waals surface area contributed by atoms with Crippen molar-refractivity contribution in [2.75, 3.05) is 0 Å². The molecule has 0 aromatic carbocycles. The van der Waals surface area contributed by atoms with Crippen LogP contribution in [-0.4, -0.2) is 23.9 Å². The van der Waals surface area contributed by atoms with Gasteiger partial charge in [0.25, 0.3) is 0 Å². The molecule has 0 N–H and O–H groups in total. The predicted molar refractivity (Wildman–Crippen MR) is 23.3 cm³/mol. The second-order valence-electron chi connectivity index (χ2n) is 0.214. The van der Waals surface area contributed by atoms with E-state index in [1.54, 1.807) is 0 Å². The molecule has 0 aliphatic rings. The van der Waals surface area contributed by atoms with Crippen LogP contribution in [-0.2, 0) is 0 Å². The molecule has 0 aromatic heterocycles. The average molecular weight is 436 g/mol. The molecular formula is CeCl5Sn. The molecular weight excluding hydrogens is 436 g/mol. The Labute approximate surface area is 93.7 Å². The van der Waals surface area contributed by atoms with E-state index in [0.29, 0.717) is 0 Å². The topological polar surface area (TPSA) is 0 Å². The van der Waals surface area contributed by atoms with E-state index in [1.807, 2.05) is 0 Å². The Hall–Kier alpha value is 3.63. The Bertz CT molecular complexity index is 12.8. The summed E-state index contributed by atoms with van der Waals surface area (Å²) in [7, 11) is 0. The molecule has 0 rings (SSSR count). The molecule has 0 heterocycles. The van der Waals surface area contributed by atoms with E-state index in [4.69, 9.17) is 16.9 Å². The van der Waals surface area contributed by atoms with Crippen molar-refractivity contribution in [2.24, 2.45) is 0 Å². The predicted octanol–water partition coefficient (Wildman–Crippen LogP) is -4.30. The van der Waals surface area contributed by atoms with Crippen LogP contribution in [0.25, 0.3) is 0 Å². The molecule has 7 heteroatoms. The molecule has 0 atom stereocenters. The Balaban J connectivity index is -0.0000000150. The fourth-order valence-electron chi connectivity index (χ4n) is 0. The smallest absolute Gasteiger partial charge is 2.00 e. The maximum absolute atomic E-state index is 5.02. The van der Waals surface area contributed by atoms with E-state index in [1.165, 1.54) is 0 Å². The van der Waals surface area contributed by atoms with Crippen molar-refractivity contribution in [1.29, 1.82) is 0 Å². The molecule has 0 aromatic rings. The Morgan fingerprint density at radius 1 is 0.857 bits per heavy atom. The Kier molecular flexibility index (Phi) is 52.3. The molecule has 43 valence electrons. The van der Waals surface area contributed by atoms with E-state index in [2.05, 4.69) is 0 Å². The molecule has 7 heavy (non-hydrogen) atoms. The minimum atomic E-state index is -2.24. The van der Waals surface area contributed by atoms with Gasteiger partial charge in [-0.15, -0.1) is 0 Å². The third-order valence-electron chi connectivity index (χ3n) is 0. The van der Waals surface area contributed by atoms with Gasteiger partial charge < -0.3 is 24.8 Å². The average Bonchev–Trinajstić information content (AvgIpc) is 0.811. The molecule has 0 fully saturated rings. The van der Waals surface area contributed by atoms with E-state index in [0.717, 1.165) is 0 Å². The minimum Gasteiger partial charge on any atom is 2.00 e. The van der Waals surface area contributed by atoms with Gasteiger partial charge in [0.2, 0.25) is 0 Å². The second-order valence-corrected chi connectivity index (χ2v) is 14.0. The van der Waals surface area contributed by atoms with Crippen LogP contribution in [0.2, 0.25) is 0 Å². The molecule has 0 saturated heterocycles. The molecule has 0 amide bonds. The van der Waals surface area contributed by atoms with Crippen LogP contribution in [0.4, 0.5) is 0 Å². The van der Waals surface area contributed by atoms with Crippen molar-refractivity contribution < 1.29 is 55.5 Å². The van der Waals surface area contributed by atoms with Crippen molar-refractivity contribution in [1.82, 2.24) is 0 Å². The molecule has 0 aliphatic heterocycles. The summed E-state index contributed by atoms with van der Waals surface area (Å²) < 4.78 is 0. The van der Waals surface area contributed by atoms with E-state index in [-0.39, 0.29) is 48.7 Å². The quantitative estimate of drug-likeness (QED) is 0.338. The zero-order valence-electron chi connectivity index (χ0n) is 2.89. The van der Waals surface area contributed by atoms with Gasteiger partial charge in [-0.1, -0.05) is 0 Å². The summed E-state index contributed by atoms with van der Waals surface area (Å²) in [4.78, 5) is 0. The van der Waals surface area contributed by atoms with Crippen LogP contribution in [0.3, 0.4) is 0 Å². The van der Waals surface area contributed by atoms with Gasteiger partial charge in [0.05, 0.1) is 0 Å². The number of hydrogen-bond donors (Lipinski definition) is 0. The van der Waals surface area contributed by atoms with Gasteiger partial charge in [0, 0.05) is 0 Å². The van der Waals surface area contributed by atoms with Gasteiger partial charge in [-0.05, 0) is 0 Å². The maximum Gasteiger partial charge on any atom is 2.00 e. The van der Waals surface area contributed by atoms with Crippen molar-refractivity contribution in [3.63, 3.8) is 0 Å². The summed E-state index contributed by atoms with van der Waals surface area (Å²) in [6, 6.07) is 0. The fourth-order valence-corrected chi connectivity index (χ4v) is 0. The van der Waals surface area contributed by atoms with Crippen LogP contribution in [0.5, 0.6) is 0 Å². The molecule has 0 aliphatic carbocycles.